The van der Waals surface area contributed by atoms with Crippen LogP contribution in [-0.2, 0) is 16.8 Å². The number of hydrogen-bond acceptors (Lipinski definition) is 3. The second-order valence-corrected chi connectivity index (χ2v) is 5.24. The molecule has 0 saturated heterocycles. The van der Waals surface area contributed by atoms with Crippen LogP contribution in [0.25, 0.3) is 11.0 Å². The van der Waals surface area contributed by atoms with Crippen molar-refractivity contribution in [2.75, 3.05) is 13.7 Å². The number of aromatic nitrogens is 2. The van der Waals surface area contributed by atoms with E-state index in [0.29, 0.717) is 6.61 Å². The molecule has 19 heavy (non-hydrogen) atoms. The minimum absolute atomic E-state index is 0.401. The molecule has 4 nitrogen and oxygen atoms in total. The molecular formula is C15H23N3O. The number of methoxy groups -OCH3 is 1. The molecule has 0 saturated carbocycles. The molecule has 1 aromatic heterocycles. The van der Waals surface area contributed by atoms with Gasteiger partial charge in [-0.05, 0) is 25.5 Å². The number of hydrogen-bond donors (Lipinski definition) is 1. The highest BCUT2D eigenvalue weighted by molar-refractivity contribution is 5.76. The van der Waals surface area contributed by atoms with Crippen LogP contribution in [0.2, 0.25) is 0 Å². The molecule has 0 bridgehead atoms. The van der Waals surface area contributed by atoms with Crippen molar-refractivity contribution in [2.24, 2.45) is 5.73 Å². The van der Waals surface area contributed by atoms with Gasteiger partial charge in [0.1, 0.15) is 5.82 Å². The number of ether oxygens (including phenoxy) is 1. The molecule has 1 heterocycles. The summed E-state index contributed by atoms with van der Waals surface area (Å²) >= 11 is 0. The molecule has 4 heteroatoms. The fraction of sp³-hybridized carbons (Fsp3) is 0.533. The van der Waals surface area contributed by atoms with Crippen molar-refractivity contribution in [3.63, 3.8) is 0 Å². The summed E-state index contributed by atoms with van der Waals surface area (Å²) in [6.07, 6.45) is 1.96. The van der Waals surface area contributed by atoms with Gasteiger partial charge >= 0.3 is 0 Å². The van der Waals surface area contributed by atoms with Crippen LogP contribution in [0.4, 0.5) is 0 Å². The molecule has 0 fully saturated rings. The predicted molar refractivity (Wildman–Crippen MR) is 78.1 cm³/mol. The van der Waals surface area contributed by atoms with Crippen molar-refractivity contribution in [3.8, 4) is 0 Å². The van der Waals surface area contributed by atoms with Crippen LogP contribution in [0.1, 0.15) is 32.5 Å². The van der Waals surface area contributed by atoms with Crippen LogP contribution >= 0.6 is 0 Å². The lowest BCUT2D eigenvalue weighted by Gasteiger charge is -2.24. The number of para-hydroxylation sites is 2. The summed E-state index contributed by atoms with van der Waals surface area (Å²) < 4.78 is 7.39. The van der Waals surface area contributed by atoms with Crippen LogP contribution in [0.15, 0.2) is 24.3 Å². The van der Waals surface area contributed by atoms with Crippen LogP contribution in [0, 0.1) is 0 Å². The maximum atomic E-state index is 6.46. The fourth-order valence-corrected chi connectivity index (χ4v) is 2.55. The zero-order valence-corrected chi connectivity index (χ0v) is 12.0. The molecule has 2 rings (SSSR count). The summed E-state index contributed by atoms with van der Waals surface area (Å²) in [5.41, 5.74) is 8.19. The zero-order valence-electron chi connectivity index (χ0n) is 12.0. The van der Waals surface area contributed by atoms with E-state index in [2.05, 4.69) is 24.5 Å². The third kappa shape index (κ3) is 2.80. The van der Waals surface area contributed by atoms with E-state index in [1.54, 1.807) is 7.11 Å². The van der Waals surface area contributed by atoms with E-state index in [1.165, 1.54) is 0 Å². The Bertz CT molecular complexity index is 545. The number of imidazole rings is 1. The zero-order chi connectivity index (χ0) is 13.9. The Balaban J connectivity index is 2.52. The second-order valence-electron chi connectivity index (χ2n) is 5.24. The van der Waals surface area contributed by atoms with Crippen molar-refractivity contribution in [1.82, 2.24) is 9.55 Å². The summed E-state index contributed by atoms with van der Waals surface area (Å²) in [6, 6.07) is 8.16. The number of nitrogens with zero attached hydrogens (tertiary/aromatic N) is 2. The average Bonchev–Trinajstić information content (AvgIpc) is 2.76. The van der Waals surface area contributed by atoms with Crippen LogP contribution in [0.5, 0.6) is 0 Å². The Morgan fingerprint density at radius 1 is 1.37 bits per heavy atom. The molecular weight excluding hydrogens is 238 g/mol. The molecule has 0 spiro atoms. The van der Waals surface area contributed by atoms with E-state index in [4.69, 9.17) is 15.5 Å². The van der Waals surface area contributed by atoms with Gasteiger partial charge in [-0.3, -0.25) is 0 Å². The van der Waals surface area contributed by atoms with Crippen molar-refractivity contribution in [2.45, 2.75) is 38.8 Å². The van der Waals surface area contributed by atoms with Gasteiger partial charge in [-0.25, -0.2) is 4.98 Å². The third-order valence-electron chi connectivity index (χ3n) is 3.45. The summed E-state index contributed by atoms with van der Waals surface area (Å²) in [6.45, 7) is 5.65. The molecule has 0 aliphatic carbocycles. The number of benzene rings is 1. The number of rotatable bonds is 6. The highest BCUT2D eigenvalue weighted by Crippen LogP contribution is 2.26. The van der Waals surface area contributed by atoms with E-state index < -0.39 is 5.54 Å². The van der Waals surface area contributed by atoms with Gasteiger partial charge in [0.2, 0.25) is 0 Å². The van der Waals surface area contributed by atoms with Crippen molar-refractivity contribution in [3.05, 3.63) is 30.1 Å². The predicted octanol–water partition coefficient (Wildman–Crippen LogP) is 2.66. The lowest BCUT2D eigenvalue weighted by Crippen LogP contribution is -2.36. The lowest BCUT2D eigenvalue weighted by molar-refractivity contribution is 0.185. The van der Waals surface area contributed by atoms with Crippen LogP contribution in [0.3, 0.4) is 0 Å². The van der Waals surface area contributed by atoms with Gasteiger partial charge in [0.05, 0.1) is 23.2 Å². The lowest BCUT2D eigenvalue weighted by atomic mass is 9.96. The van der Waals surface area contributed by atoms with E-state index in [9.17, 15) is 0 Å². The van der Waals surface area contributed by atoms with Crippen molar-refractivity contribution in [1.29, 1.82) is 0 Å². The van der Waals surface area contributed by atoms with Gasteiger partial charge in [0, 0.05) is 13.7 Å². The van der Waals surface area contributed by atoms with Crippen molar-refractivity contribution >= 4 is 11.0 Å². The second kappa shape index (κ2) is 5.72. The molecule has 0 aliphatic heterocycles. The van der Waals surface area contributed by atoms with Crippen LogP contribution in [-0.4, -0.2) is 23.3 Å². The van der Waals surface area contributed by atoms with Gasteiger partial charge in [-0.15, -0.1) is 0 Å². The van der Waals surface area contributed by atoms with Gasteiger partial charge in [0.15, 0.2) is 0 Å². The molecule has 1 unspecified atom stereocenters. The summed E-state index contributed by atoms with van der Waals surface area (Å²) in [7, 11) is 1.71. The summed E-state index contributed by atoms with van der Waals surface area (Å²) in [5, 5.41) is 0. The molecule has 2 N–H and O–H groups in total. The molecule has 1 atom stereocenters. The summed E-state index contributed by atoms with van der Waals surface area (Å²) in [5.74, 6) is 0.951. The average molecular weight is 261 g/mol. The van der Waals surface area contributed by atoms with Gasteiger partial charge in [-0.2, -0.15) is 0 Å². The van der Waals surface area contributed by atoms with E-state index in [1.807, 2.05) is 18.2 Å². The molecule has 1 aromatic carbocycles. The van der Waals surface area contributed by atoms with Crippen LogP contribution < -0.4 is 5.73 Å². The maximum absolute atomic E-state index is 6.46. The minimum Gasteiger partial charge on any atom is -0.383 e. The molecule has 104 valence electrons. The van der Waals surface area contributed by atoms with Crippen molar-refractivity contribution < 1.29 is 4.74 Å². The van der Waals surface area contributed by atoms with E-state index >= 15 is 0 Å². The van der Waals surface area contributed by atoms with Gasteiger partial charge in [-0.1, -0.05) is 25.5 Å². The van der Waals surface area contributed by atoms with Gasteiger partial charge < -0.3 is 15.0 Å². The van der Waals surface area contributed by atoms with Gasteiger partial charge in [0.25, 0.3) is 0 Å². The largest absolute Gasteiger partial charge is 0.383 e. The first kappa shape index (κ1) is 14.0. The Morgan fingerprint density at radius 3 is 2.79 bits per heavy atom. The Kier molecular flexibility index (Phi) is 4.22. The van der Waals surface area contributed by atoms with E-state index in [0.717, 1.165) is 36.2 Å². The molecule has 2 aromatic rings. The quantitative estimate of drug-likeness (QED) is 0.869. The standard InChI is InChI=1S/C15H23N3O/c1-4-9-15(2,16)14-17-12-7-5-6-8-13(12)18(14)10-11-19-3/h5-8H,4,9-11,16H2,1-3H3. The first-order chi connectivity index (χ1) is 9.10. The number of nitrogens with two attached hydrogens (primary N) is 1. The molecule has 0 amide bonds. The first-order valence-corrected chi connectivity index (χ1v) is 6.83. The smallest absolute Gasteiger partial charge is 0.129 e. The minimum atomic E-state index is -0.401. The third-order valence-corrected chi connectivity index (χ3v) is 3.45. The fourth-order valence-electron chi connectivity index (χ4n) is 2.55. The maximum Gasteiger partial charge on any atom is 0.129 e. The first-order valence-electron chi connectivity index (χ1n) is 6.83. The molecule has 0 radical (unpaired) electrons. The summed E-state index contributed by atoms with van der Waals surface area (Å²) in [4.78, 5) is 4.74. The monoisotopic (exact) mass is 261 g/mol. The molecule has 0 aliphatic rings. The number of fused-ring (bicyclic) bond motifs is 1. The Labute approximate surface area is 114 Å². The Hall–Kier alpha value is -1.39. The Morgan fingerprint density at radius 2 is 2.11 bits per heavy atom. The normalized spacial score (nSPS) is 14.7. The highest BCUT2D eigenvalue weighted by Gasteiger charge is 2.27. The topological polar surface area (TPSA) is 53.1 Å². The SMILES string of the molecule is CCCC(C)(N)c1nc2ccccc2n1CCOC. The highest BCUT2D eigenvalue weighted by atomic mass is 16.5. The van der Waals surface area contributed by atoms with E-state index in [-0.39, 0.29) is 0 Å².